The van der Waals surface area contributed by atoms with Crippen LogP contribution < -0.4 is 0 Å². The lowest BCUT2D eigenvalue weighted by molar-refractivity contribution is -0.137. The predicted octanol–water partition coefficient (Wildman–Crippen LogP) is 0.286. The molecule has 0 bridgehead atoms. The molecule has 94 valence electrons. The summed E-state index contributed by atoms with van der Waals surface area (Å²) in [5.41, 5.74) is 0. The SMILES string of the molecule is C=CCN(CC(=O)O)S(=O)(=O)c1ccn(C)c1. The smallest absolute Gasteiger partial charge is 0.318 e. The van der Waals surface area contributed by atoms with Crippen molar-refractivity contribution in [1.82, 2.24) is 8.87 Å². The van der Waals surface area contributed by atoms with E-state index in [1.165, 1.54) is 18.3 Å². The molecular formula is C10H14N2O4S. The van der Waals surface area contributed by atoms with Crippen molar-refractivity contribution in [3.8, 4) is 0 Å². The van der Waals surface area contributed by atoms with Crippen molar-refractivity contribution in [1.29, 1.82) is 0 Å². The fraction of sp³-hybridized carbons (Fsp3) is 0.300. The molecule has 0 spiro atoms. The third-order valence-electron chi connectivity index (χ3n) is 2.09. The fourth-order valence-electron chi connectivity index (χ4n) is 1.32. The van der Waals surface area contributed by atoms with Crippen LogP contribution >= 0.6 is 0 Å². The average molecular weight is 258 g/mol. The van der Waals surface area contributed by atoms with Crippen LogP contribution in [0.4, 0.5) is 0 Å². The largest absolute Gasteiger partial charge is 0.480 e. The number of hydrogen-bond donors (Lipinski definition) is 1. The maximum absolute atomic E-state index is 12.1. The van der Waals surface area contributed by atoms with Gasteiger partial charge in [0.15, 0.2) is 0 Å². The molecule has 0 radical (unpaired) electrons. The van der Waals surface area contributed by atoms with Crippen LogP contribution in [0, 0.1) is 0 Å². The molecule has 0 aliphatic carbocycles. The Morgan fingerprint density at radius 2 is 2.29 bits per heavy atom. The van der Waals surface area contributed by atoms with E-state index in [4.69, 9.17) is 5.11 Å². The highest BCUT2D eigenvalue weighted by Crippen LogP contribution is 2.15. The van der Waals surface area contributed by atoms with Crippen molar-refractivity contribution in [3.05, 3.63) is 31.1 Å². The first-order valence-corrected chi connectivity index (χ1v) is 6.26. The molecule has 0 saturated heterocycles. The fourth-order valence-corrected chi connectivity index (χ4v) is 2.73. The van der Waals surface area contributed by atoms with Gasteiger partial charge >= 0.3 is 5.97 Å². The molecule has 1 N–H and O–H groups in total. The van der Waals surface area contributed by atoms with Crippen molar-refractivity contribution in [3.63, 3.8) is 0 Å². The minimum atomic E-state index is -3.78. The molecule has 6 nitrogen and oxygen atoms in total. The Kier molecular flexibility index (Phi) is 4.08. The Hall–Kier alpha value is -1.60. The van der Waals surface area contributed by atoms with Crippen molar-refractivity contribution in [2.45, 2.75) is 4.90 Å². The first kappa shape index (κ1) is 13.5. The molecular weight excluding hydrogens is 244 g/mol. The minimum Gasteiger partial charge on any atom is -0.480 e. The summed E-state index contributed by atoms with van der Waals surface area (Å²) in [5, 5.41) is 8.68. The van der Waals surface area contributed by atoms with E-state index in [0.717, 1.165) is 4.31 Å². The van der Waals surface area contributed by atoms with E-state index in [0.29, 0.717) is 0 Å². The Morgan fingerprint density at radius 3 is 2.71 bits per heavy atom. The van der Waals surface area contributed by atoms with Gasteiger partial charge in [-0.15, -0.1) is 6.58 Å². The van der Waals surface area contributed by atoms with E-state index in [9.17, 15) is 13.2 Å². The number of sulfonamides is 1. The van der Waals surface area contributed by atoms with Crippen LogP contribution in [-0.2, 0) is 21.9 Å². The van der Waals surface area contributed by atoms with E-state index in [1.54, 1.807) is 17.8 Å². The summed E-state index contributed by atoms with van der Waals surface area (Å²) in [6.07, 6.45) is 4.36. The highest BCUT2D eigenvalue weighted by molar-refractivity contribution is 7.89. The summed E-state index contributed by atoms with van der Waals surface area (Å²) >= 11 is 0. The maximum Gasteiger partial charge on any atom is 0.318 e. The Bertz CT molecular complexity index is 518. The molecule has 0 aliphatic heterocycles. The Balaban J connectivity index is 3.07. The second-order valence-electron chi connectivity index (χ2n) is 3.49. The molecule has 1 heterocycles. The number of nitrogens with zero attached hydrogens (tertiary/aromatic N) is 2. The summed E-state index contributed by atoms with van der Waals surface area (Å²) in [4.78, 5) is 10.7. The maximum atomic E-state index is 12.1. The highest BCUT2D eigenvalue weighted by Gasteiger charge is 2.26. The van der Waals surface area contributed by atoms with Crippen LogP contribution in [0.25, 0.3) is 0 Å². The molecule has 0 atom stereocenters. The van der Waals surface area contributed by atoms with Gasteiger partial charge < -0.3 is 9.67 Å². The van der Waals surface area contributed by atoms with Crippen molar-refractivity contribution in [2.75, 3.05) is 13.1 Å². The molecule has 0 aliphatic rings. The standard InChI is InChI=1S/C10H14N2O4S/c1-3-5-12(8-10(13)14)17(15,16)9-4-6-11(2)7-9/h3-4,6-7H,1,5,8H2,2H3,(H,13,14). The van der Waals surface area contributed by atoms with E-state index >= 15 is 0 Å². The first-order valence-electron chi connectivity index (χ1n) is 4.82. The minimum absolute atomic E-state index is 0.0382. The lowest BCUT2D eigenvalue weighted by Gasteiger charge is -2.17. The van der Waals surface area contributed by atoms with Gasteiger partial charge in [-0.3, -0.25) is 4.79 Å². The van der Waals surface area contributed by atoms with Gasteiger partial charge in [0.2, 0.25) is 10.0 Å². The van der Waals surface area contributed by atoms with Gasteiger partial charge in [0.1, 0.15) is 6.54 Å². The summed E-state index contributed by atoms with van der Waals surface area (Å²) in [7, 11) is -2.09. The van der Waals surface area contributed by atoms with Gasteiger partial charge in [-0.25, -0.2) is 8.42 Å². The molecule has 0 aromatic carbocycles. The van der Waals surface area contributed by atoms with Crippen LogP contribution in [-0.4, -0.2) is 41.5 Å². The third-order valence-corrected chi connectivity index (χ3v) is 3.88. The monoisotopic (exact) mass is 258 g/mol. The number of aromatic nitrogens is 1. The van der Waals surface area contributed by atoms with Crippen LogP contribution in [0.2, 0.25) is 0 Å². The van der Waals surface area contributed by atoms with Crippen LogP contribution in [0.15, 0.2) is 36.0 Å². The second-order valence-corrected chi connectivity index (χ2v) is 5.43. The van der Waals surface area contributed by atoms with Gasteiger partial charge in [0, 0.05) is 26.0 Å². The first-order chi connectivity index (χ1) is 7.87. The third kappa shape index (κ3) is 3.18. The van der Waals surface area contributed by atoms with Gasteiger partial charge in [-0.2, -0.15) is 4.31 Å². The van der Waals surface area contributed by atoms with Crippen molar-refractivity contribution >= 4 is 16.0 Å². The van der Waals surface area contributed by atoms with Crippen LogP contribution in [0.3, 0.4) is 0 Å². The number of aliphatic carboxylic acids is 1. The number of carbonyl (C=O) groups is 1. The molecule has 0 saturated carbocycles. The highest BCUT2D eigenvalue weighted by atomic mass is 32.2. The average Bonchev–Trinajstić information content (AvgIpc) is 2.64. The molecule has 7 heteroatoms. The topological polar surface area (TPSA) is 79.6 Å². The number of carboxylic acids is 1. The van der Waals surface area contributed by atoms with E-state index in [2.05, 4.69) is 6.58 Å². The van der Waals surface area contributed by atoms with Crippen LogP contribution in [0.5, 0.6) is 0 Å². The van der Waals surface area contributed by atoms with Crippen molar-refractivity contribution in [2.24, 2.45) is 7.05 Å². The molecule has 0 unspecified atom stereocenters. The molecule has 0 fully saturated rings. The molecule has 1 aromatic heterocycles. The van der Waals surface area contributed by atoms with Gasteiger partial charge in [0.05, 0.1) is 4.90 Å². The summed E-state index contributed by atoms with van der Waals surface area (Å²) in [5.74, 6) is -1.20. The van der Waals surface area contributed by atoms with Gasteiger partial charge in [0.25, 0.3) is 0 Å². The normalized spacial score (nSPS) is 11.6. The van der Waals surface area contributed by atoms with E-state index in [1.807, 2.05) is 0 Å². The Morgan fingerprint density at radius 1 is 1.65 bits per heavy atom. The summed E-state index contributed by atoms with van der Waals surface area (Å²) in [6, 6.07) is 1.42. The van der Waals surface area contributed by atoms with Gasteiger partial charge in [-0.05, 0) is 6.07 Å². The zero-order valence-electron chi connectivity index (χ0n) is 9.41. The number of hydrogen-bond acceptors (Lipinski definition) is 3. The number of rotatable bonds is 6. The summed E-state index contributed by atoms with van der Waals surface area (Å²) in [6.45, 7) is 2.80. The predicted molar refractivity (Wildman–Crippen MR) is 62.0 cm³/mol. The van der Waals surface area contributed by atoms with E-state index in [-0.39, 0.29) is 11.4 Å². The quantitative estimate of drug-likeness (QED) is 0.744. The summed E-state index contributed by atoms with van der Waals surface area (Å²) < 4.78 is 26.6. The molecule has 17 heavy (non-hydrogen) atoms. The van der Waals surface area contributed by atoms with Gasteiger partial charge in [-0.1, -0.05) is 6.08 Å². The molecule has 1 rings (SSSR count). The lowest BCUT2D eigenvalue weighted by Crippen LogP contribution is -2.35. The Labute approximate surface area is 99.8 Å². The number of carboxylic acid groups (broad SMARTS) is 1. The van der Waals surface area contributed by atoms with Crippen molar-refractivity contribution < 1.29 is 18.3 Å². The second kappa shape index (κ2) is 5.15. The zero-order valence-corrected chi connectivity index (χ0v) is 10.2. The lowest BCUT2D eigenvalue weighted by atomic mass is 10.6. The zero-order chi connectivity index (χ0) is 13.1. The molecule has 1 aromatic rings. The molecule has 0 amide bonds. The van der Waals surface area contributed by atoms with E-state index < -0.39 is 22.5 Å². The van der Waals surface area contributed by atoms with Crippen LogP contribution in [0.1, 0.15) is 0 Å². The number of aryl methyl sites for hydroxylation is 1.